The Morgan fingerprint density at radius 1 is 1.27 bits per heavy atom. The van der Waals surface area contributed by atoms with Gasteiger partial charge in [-0.05, 0) is 31.2 Å². The third kappa shape index (κ3) is 4.69. The minimum absolute atomic E-state index is 0.118. The highest BCUT2D eigenvalue weighted by molar-refractivity contribution is 5.96. The van der Waals surface area contributed by atoms with Gasteiger partial charge in [0.2, 0.25) is 5.91 Å². The molecule has 1 aromatic heterocycles. The number of aryl methyl sites for hydroxylation is 1. The van der Waals surface area contributed by atoms with Gasteiger partial charge in [-0.1, -0.05) is 6.07 Å². The number of halogens is 1. The second-order valence-corrected chi connectivity index (χ2v) is 5.62. The maximum absolute atomic E-state index is 13.1. The Morgan fingerprint density at radius 3 is 2.65 bits per heavy atom. The molecule has 1 aromatic carbocycles. The van der Waals surface area contributed by atoms with Crippen LogP contribution in [0.15, 0.2) is 34.7 Å². The van der Waals surface area contributed by atoms with E-state index in [4.69, 9.17) is 4.42 Å². The minimum Gasteiger partial charge on any atom is -0.465 e. The summed E-state index contributed by atoms with van der Waals surface area (Å²) >= 11 is 0. The topological polar surface area (TPSA) is 88.9 Å². The van der Waals surface area contributed by atoms with E-state index in [2.05, 4.69) is 10.1 Å². The molecule has 7 nitrogen and oxygen atoms in total. The fraction of sp³-hybridized carbons (Fsp3) is 0.278. The van der Waals surface area contributed by atoms with E-state index in [0.29, 0.717) is 17.1 Å². The highest BCUT2D eigenvalue weighted by Crippen LogP contribution is 2.17. The first-order valence-corrected chi connectivity index (χ1v) is 7.77. The molecule has 138 valence electrons. The number of carbonyl (C=O) groups excluding carboxylic acids is 3. The van der Waals surface area contributed by atoms with E-state index in [0.717, 1.165) is 6.07 Å². The highest BCUT2D eigenvalue weighted by atomic mass is 19.1. The molecule has 1 heterocycles. The molecule has 0 aliphatic rings. The van der Waals surface area contributed by atoms with Crippen LogP contribution in [0.1, 0.15) is 32.2 Å². The lowest BCUT2D eigenvalue weighted by Gasteiger charge is -2.16. The number of nitrogens with zero attached hydrogens (tertiary/aromatic N) is 1. The molecule has 0 saturated heterocycles. The van der Waals surface area contributed by atoms with E-state index in [9.17, 15) is 18.8 Å². The molecule has 0 atom stereocenters. The quantitative estimate of drug-likeness (QED) is 0.793. The summed E-state index contributed by atoms with van der Waals surface area (Å²) in [6, 6.07) is 6.69. The molecule has 1 N–H and O–H groups in total. The van der Waals surface area contributed by atoms with Gasteiger partial charge < -0.3 is 19.4 Å². The molecule has 0 saturated carbocycles. The first kappa shape index (κ1) is 19.2. The number of nitrogens with one attached hydrogen (secondary N) is 1. The maximum Gasteiger partial charge on any atom is 0.341 e. The van der Waals surface area contributed by atoms with E-state index >= 15 is 0 Å². The lowest BCUT2D eigenvalue weighted by Crippen LogP contribution is -2.37. The summed E-state index contributed by atoms with van der Waals surface area (Å²) in [4.78, 5) is 37.0. The zero-order valence-electron chi connectivity index (χ0n) is 14.7. The van der Waals surface area contributed by atoms with Crippen molar-refractivity contribution in [1.82, 2.24) is 10.2 Å². The molecule has 0 spiro atoms. The van der Waals surface area contributed by atoms with Gasteiger partial charge in [0.25, 0.3) is 5.91 Å². The monoisotopic (exact) mass is 362 g/mol. The van der Waals surface area contributed by atoms with Gasteiger partial charge in [0, 0.05) is 12.6 Å². The van der Waals surface area contributed by atoms with Crippen LogP contribution >= 0.6 is 0 Å². The van der Waals surface area contributed by atoms with Crippen LogP contribution in [-0.2, 0) is 16.1 Å². The summed E-state index contributed by atoms with van der Waals surface area (Å²) in [5, 5.41) is 2.44. The lowest BCUT2D eigenvalue weighted by molar-refractivity contribution is -0.129. The Kier molecular flexibility index (Phi) is 6.11. The van der Waals surface area contributed by atoms with Gasteiger partial charge in [0.05, 0.1) is 20.2 Å². The van der Waals surface area contributed by atoms with E-state index in [1.165, 1.54) is 43.3 Å². The molecule has 2 rings (SSSR count). The predicted molar refractivity (Wildman–Crippen MR) is 90.0 cm³/mol. The molecule has 0 radical (unpaired) electrons. The predicted octanol–water partition coefficient (Wildman–Crippen LogP) is 1.90. The van der Waals surface area contributed by atoms with E-state index in [-0.39, 0.29) is 24.6 Å². The van der Waals surface area contributed by atoms with Crippen LogP contribution in [0.5, 0.6) is 0 Å². The van der Waals surface area contributed by atoms with Gasteiger partial charge in [0.1, 0.15) is 22.9 Å². The number of furan rings is 1. The Bertz CT molecular complexity index is 831. The Labute approximate surface area is 149 Å². The maximum atomic E-state index is 13.1. The zero-order valence-corrected chi connectivity index (χ0v) is 14.7. The number of likely N-dealkylation sites (N-methyl/N-ethyl adjacent to an activating group) is 1. The second kappa shape index (κ2) is 8.28. The third-order valence-electron chi connectivity index (χ3n) is 3.68. The first-order valence-electron chi connectivity index (χ1n) is 7.77. The van der Waals surface area contributed by atoms with Gasteiger partial charge in [-0.2, -0.15) is 0 Å². The Hall–Kier alpha value is -3.16. The molecule has 0 bridgehead atoms. The van der Waals surface area contributed by atoms with E-state index < -0.39 is 17.7 Å². The normalized spacial score (nSPS) is 10.3. The standard InChI is InChI=1S/C18H19FN2O5/c1-11-15(18(24)25-3)8-14(26-11)10-21(2)16(22)9-20-17(23)12-5-4-6-13(19)7-12/h4-8H,9-10H2,1-3H3,(H,20,23). The van der Waals surface area contributed by atoms with Crippen LogP contribution in [0.4, 0.5) is 4.39 Å². The van der Waals surface area contributed by atoms with Crippen LogP contribution in [0.2, 0.25) is 0 Å². The number of amides is 2. The summed E-state index contributed by atoms with van der Waals surface area (Å²) in [6.45, 7) is 1.48. The molecule has 0 aliphatic carbocycles. The molecule has 2 aromatic rings. The summed E-state index contributed by atoms with van der Waals surface area (Å²) in [5.74, 6) is -1.16. The molecule has 0 unspecified atom stereocenters. The zero-order chi connectivity index (χ0) is 19.3. The van der Waals surface area contributed by atoms with Crippen LogP contribution in [0.25, 0.3) is 0 Å². The summed E-state index contributed by atoms with van der Waals surface area (Å²) in [5.41, 5.74) is 0.424. The summed E-state index contributed by atoms with van der Waals surface area (Å²) in [7, 11) is 2.80. The fourth-order valence-electron chi connectivity index (χ4n) is 2.28. The van der Waals surface area contributed by atoms with Crippen molar-refractivity contribution in [3.63, 3.8) is 0 Å². The van der Waals surface area contributed by atoms with Crippen molar-refractivity contribution in [2.24, 2.45) is 0 Å². The number of rotatable bonds is 6. The highest BCUT2D eigenvalue weighted by Gasteiger charge is 2.18. The molecule has 0 fully saturated rings. The van der Waals surface area contributed by atoms with Crippen molar-refractivity contribution in [3.05, 3.63) is 58.8 Å². The van der Waals surface area contributed by atoms with Crippen molar-refractivity contribution >= 4 is 17.8 Å². The number of ether oxygens (including phenoxy) is 1. The van der Waals surface area contributed by atoms with Crippen LogP contribution in [-0.4, -0.2) is 43.4 Å². The average molecular weight is 362 g/mol. The first-order chi connectivity index (χ1) is 12.3. The number of hydrogen-bond acceptors (Lipinski definition) is 5. The largest absolute Gasteiger partial charge is 0.465 e. The SMILES string of the molecule is COC(=O)c1cc(CN(C)C(=O)CNC(=O)c2cccc(F)c2)oc1C. The molecule has 2 amide bonds. The second-order valence-electron chi connectivity index (χ2n) is 5.62. The molecule has 8 heteroatoms. The van der Waals surface area contributed by atoms with Gasteiger partial charge in [0.15, 0.2) is 0 Å². The lowest BCUT2D eigenvalue weighted by atomic mass is 10.2. The van der Waals surface area contributed by atoms with Crippen molar-refractivity contribution in [2.75, 3.05) is 20.7 Å². The van der Waals surface area contributed by atoms with Crippen molar-refractivity contribution < 1.29 is 27.9 Å². The van der Waals surface area contributed by atoms with Crippen LogP contribution in [0, 0.1) is 12.7 Å². The van der Waals surface area contributed by atoms with Crippen LogP contribution in [0.3, 0.4) is 0 Å². The number of esters is 1. The fourth-order valence-corrected chi connectivity index (χ4v) is 2.28. The summed E-state index contributed by atoms with van der Waals surface area (Å²) in [6.07, 6.45) is 0. The Balaban J connectivity index is 1.91. The van der Waals surface area contributed by atoms with Crippen LogP contribution < -0.4 is 5.32 Å². The molecule has 26 heavy (non-hydrogen) atoms. The Morgan fingerprint density at radius 2 is 2.00 bits per heavy atom. The van der Waals surface area contributed by atoms with Crippen molar-refractivity contribution in [2.45, 2.75) is 13.5 Å². The van der Waals surface area contributed by atoms with Gasteiger partial charge in [-0.25, -0.2) is 9.18 Å². The van der Waals surface area contributed by atoms with Crippen molar-refractivity contribution in [3.8, 4) is 0 Å². The van der Waals surface area contributed by atoms with Gasteiger partial charge >= 0.3 is 5.97 Å². The van der Waals surface area contributed by atoms with Crippen molar-refractivity contribution in [1.29, 1.82) is 0 Å². The molecule has 0 aliphatic heterocycles. The number of benzene rings is 1. The van der Waals surface area contributed by atoms with Gasteiger partial charge in [-0.15, -0.1) is 0 Å². The molecular weight excluding hydrogens is 343 g/mol. The minimum atomic E-state index is -0.548. The number of carbonyl (C=O) groups is 3. The average Bonchev–Trinajstić information content (AvgIpc) is 2.98. The number of methoxy groups -OCH3 is 1. The van der Waals surface area contributed by atoms with Gasteiger partial charge in [-0.3, -0.25) is 9.59 Å². The van der Waals surface area contributed by atoms with E-state index in [1.54, 1.807) is 6.92 Å². The molecular formula is C18H19FN2O5. The van der Waals surface area contributed by atoms with E-state index in [1.807, 2.05) is 0 Å². The third-order valence-corrected chi connectivity index (χ3v) is 3.68. The number of hydrogen-bond donors (Lipinski definition) is 1. The summed E-state index contributed by atoms with van der Waals surface area (Å²) < 4.78 is 23.2. The smallest absolute Gasteiger partial charge is 0.341 e.